The lowest BCUT2D eigenvalue weighted by atomic mass is 10.2. The van der Waals surface area contributed by atoms with Gasteiger partial charge in [-0.05, 0) is 18.2 Å². The van der Waals surface area contributed by atoms with E-state index in [2.05, 4.69) is 4.72 Å². The van der Waals surface area contributed by atoms with Crippen LogP contribution < -0.4 is 15.2 Å². The van der Waals surface area contributed by atoms with Crippen molar-refractivity contribution in [3.8, 4) is 5.75 Å². The minimum Gasteiger partial charge on any atom is -0.480 e. The number of hydrogen-bond donors (Lipinski definition) is 3. The van der Waals surface area contributed by atoms with Crippen molar-refractivity contribution in [1.29, 1.82) is 0 Å². The Kier molecular flexibility index (Phi) is 3.79. The molecular weight excluding hydrogens is 248 g/mol. The fourth-order valence-electron chi connectivity index (χ4n) is 1.09. The van der Waals surface area contributed by atoms with Gasteiger partial charge in [-0.15, -0.1) is 0 Å². The Morgan fingerprint density at radius 3 is 2.71 bits per heavy atom. The average Bonchev–Trinajstić information content (AvgIpc) is 2.13. The van der Waals surface area contributed by atoms with Crippen LogP contribution in [0.1, 0.15) is 0 Å². The second-order valence-corrected chi connectivity index (χ2v) is 5.06. The second kappa shape index (κ2) is 4.91. The Bertz CT molecular complexity index is 526. The van der Waals surface area contributed by atoms with E-state index in [4.69, 9.17) is 15.6 Å². The largest absolute Gasteiger partial charge is 0.480 e. The SMILES string of the molecule is CS(=O)(=O)Nc1cc(N)ccc1OCC(=O)O. The maximum atomic E-state index is 11.1. The van der Waals surface area contributed by atoms with Crippen LogP contribution in [0.25, 0.3) is 0 Å². The summed E-state index contributed by atoms with van der Waals surface area (Å²) in [6, 6.07) is 4.22. The van der Waals surface area contributed by atoms with Crippen LogP contribution >= 0.6 is 0 Å². The smallest absolute Gasteiger partial charge is 0.341 e. The predicted molar refractivity (Wildman–Crippen MR) is 62.5 cm³/mol. The molecule has 0 aliphatic heterocycles. The number of carboxylic acids is 1. The number of aliphatic carboxylic acids is 1. The van der Waals surface area contributed by atoms with E-state index in [9.17, 15) is 13.2 Å². The fourth-order valence-corrected chi connectivity index (χ4v) is 1.65. The molecule has 0 aliphatic carbocycles. The molecule has 0 unspecified atom stereocenters. The summed E-state index contributed by atoms with van der Waals surface area (Å²) in [5.41, 5.74) is 5.93. The predicted octanol–water partition coefficient (Wildman–Crippen LogP) is 0.104. The highest BCUT2D eigenvalue weighted by Gasteiger charge is 2.10. The van der Waals surface area contributed by atoms with Crippen molar-refractivity contribution >= 4 is 27.4 Å². The molecule has 0 atom stereocenters. The van der Waals surface area contributed by atoms with E-state index < -0.39 is 22.6 Å². The highest BCUT2D eigenvalue weighted by molar-refractivity contribution is 7.92. The van der Waals surface area contributed by atoms with Crippen molar-refractivity contribution in [2.45, 2.75) is 0 Å². The summed E-state index contributed by atoms with van der Waals surface area (Å²) in [4.78, 5) is 10.3. The minimum absolute atomic E-state index is 0.104. The van der Waals surface area contributed by atoms with Crippen molar-refractivity contribution in [2.75, 3.05) is 23.3 Å². The molecule has 0 amide bonds. The summed E-state index contributed by atoms with van der Waals surface area (Å²) >= 11 is 0. The molecule has 1 rings (SSSR count). The van der Waals surface area contributed by atoms with E-state index in [0.29, 0.717) is 5.69 Å². The molecule has 0 aromatic heterocycles. The van der Waals surface area contributed by atoms with Gasteiger partial charge >= 0.3 is 5.97 Å². The van der Waals surface area contributed by atoms with Crippen molar-refractivity contribution in [3.05, 3.63) is 18.2 Å². The quantitative estimate of drug-likeness (QED) is 0.646. The molecule has 0 bridgehead atoms. The Hall–Kier alpha value is -1.96. The first-order valence-corrected chi connectivity index (χ1v) is 6.39. The Morgan fingerprint density at radius 1 is 1.53 bits per heavy atom. The first-order chi connectivity index (χ1) is 7.78. The maximum Gasteiger partial charge on any atom is 0.341 e. The van der Waals surface area contributed by atoms with Crippen LogP contribution in [0.3, 0.4) is 0 Å². The number of anilines is 2. The van der Waals surface area contributed by atoms with Crippen molar-refractivity contribution < 1.29 is 23.1 Å². The van der Waals surface area contributed by atoms with Crippen LogP contribution in [0, 0.1) is 0 Å². The van der Waals surface area contributed by atoms with E-state index >= 15 is 0 Å². The van der Waals surface area contributed by atoms with Crippen LogP contribution in [0.4, 0.5) is 11.4 Å². The third-order valence-corrected chi connectivity index (χ3v) is 2.24. The molecule has 7 nitrogen and oxygen atoms in total. The number of rotatable bonds is 5. The molecule has 4 N–H and O–H groups in total. The van der Waals surface area contributed by atoms with Gasteiger partial charge in [-0.25, -0.2) is 13.2 Å². The van der Waals surface area contributed by atoms with Gasteiger partial charge in [0, 0.05) is 5.69 Å². The number of sulfonamides is 1. The number of ether oxygens (including phenoxy) is 1. The number of carbonyl (C=O) groups is 1. The summed E-state index contributed by atoms with van der Waals surface area (Å²) < 4.78 is 29.3. The average molecular weight is 260 g/mol. The lowest BCUT2D eigenvalue weighted by molar-refractivity contribution is -0.139. The summed E-state index contributed by atoms with van der Waals surface area (Å²) in [6.07, 6.45) is 0.969. The fraction of sp³-hybridized carbons (Fsp3) is 0.222. The van der Waals surface area contributed by atoms with Crippen molar-refractivity contribution in [1.82, 2.24) is 0 Å². The number of hydrogen-bond acceptors (Lipinski definition) is 5. The van der Waals surface area contributed by atoms with Crippen LogP contribution in [-0.4, -0.2) is 32.4 Å². The lowest BCUT2D eigenvalue weighted by Gasteiger charge is -2.11. The zero-order valence-electron chi connectivity index (χ0n) is 9.00. The summed E-state index contributed by atoms with van der Waals surface area (Å²) in [6.45, 7) is -0.567. The molecule has 0 aliphatic rings. The number of benzene rings is 1. The van der Waals surface area contributed by atoms with Gasteiger partial charge in [0.2, 0.25) is 10.0 Å². The molecule has 94 valence electrons. The van der Waals surface area contributed by atoms with Crippen LogP contribution in [-0.2, 0) is 14.8 Å². The van der Waals surface area contributed by atoms with E-state index in [-0.39, 0.29) is 11.4 Å². The Morgan fingerprint density at radius 2 is 2.18 bits per heavy atom. The third-order valence-electron chi connectivity index (χ3n) is 1.65. The van der Waals surface area contributed by atoms with Gasteiger partial charge in [0.1, 0.15) is 5.75 Å². The Labute approximate surface area is 98.2 Å². The van der Waals surface area contributed by atoms with Gasteiger partial charge in [0.15, 0.2) is 6.61 Å². The molecular formula is C9H12N2O5S. The molecule has 1 aromatic carbocycles. The third kappa shape index (κ3) is 4.60. The molecule has 8 heteroatoms. The molecule has 0 saturated heterocycles. The highest BCUT2D eigenvalue weighted by atomic mass is 32.2. The molecule has 17 heavy (non-hydrogen) atoms. The van der Waals surface area contributed by atoms with Gasteiger partial charge in [-0.3, -0.25) is 4.72 Å². The lowest BCUT2D eigenvalue weighted by Crippen LogP contribution is -2.14. The molecule has 0 heterocycles. The number of carboxylic acid groups (broad SMARTS) is 1. The van der Waals surface area contributed by atoms with Gasteiger partial charge < -0.3 is 15.6 Å². The molecule has 0 saturated carbocycles. The summed E-state index contributed by atoms with van der Waals surface area (Å²) in [7, 11) is -3.49. The summed E-state index contributed by atoms with van der Waals surface area (Å²) in [5, 5.41) is 8.46. The van der Waals surface area contributed by atoms with E-state index in [1.54, 1.807) is 0 Å². The van der Waals surface area contributed by atoms with Gasteiger partial charge in [-0.2, -0.15) is 0 Å². The zero-order valence-corrected chi connectivity index (χ0v) is 9.82. The molecule has 0 radical (unpaired) electrons. The standard InChI is InChI=1S/C9H12N2O5S/c1-17(14,15)11-7-4-6(10)2-3-8(7)16-5-9(12)13/h2-4,11H,5,10H2,1H3,(H,12,13). The van der Waals surface area contributed by atoms with Crippen LogP contribution in [0.5, 0.6) is 5.75 Å². The van der Waals surface area contributed by atoms with E-state index in [1.165, 1.54) is 18.2 Å². The Balaban J connectivity index is 2.99. The number of nitrogen functional groups attached to an aromatic ring is 1. The van der Waals surface area contributed by atoms with E-state index in [0.717, 1.165) is 6.26 Å². The van der Waals surface area contributed by atoms with Crippen LogP contribution in [0.15, 0.2) is 18.2 Å². The topological polar surface area (TPSA) is 119 Å². The normalized spacial score (nSPS) is 10.9. The van der Waals surface area contributed by atoms with Crippen LogP contribution in [0.2, 0.25) is 0 Å². The highest BCUT2D eigenvalue weighted by Crippen LogP contribution is 2.27. The molecule has 1 aromatic rings. The van der Waals surface area contributed by atoms with Gasteiger partial charge in [0.25, 0.3) is 0 Å². The van der Waals surface area contributed by atoms with Crippen molar-refractivity contribution in [2.24, 2.45) is 0 Å². The monoisotopic (exact) mass is 260 g/mol. The first-order valence-electron chi connectivity index (χ1n) is 4.50. The summed E-state index contributed by atoms with van der Waals surface area (Å²) in [5.74, 6) is -1.06. The number of nitrogens with two attached hydrogens (primary N) is 1. The van der Waals surface area contributed by atoms with Crippen molar-refractivity contribution in [3.63, 3.8) is 0 Å². The zero-order chi connectivity index (χ0) is 13.1. The van der Waals surface area contributed by atoms with E-state index in [1.807, 2.05) is 0 Å². The molecule has 0 spiro atoms. The number of nitrogens with one attached hydrogen (secondary N) is 1. The maximum absolute atomic E-state index is 11.1. The van der Waals surface area contributed by atoms with Gasteiger partial charge in [-0.1, -0.05) is 0 Å². The molecule has 0 fully saturated rings. The van der Waals surface area contributed by atoms with Gasteiger partial charge in [0.05, 0.1) is 11.9 Å². The minimum atomic E-state index is -3.49. The second-order valence-electron chi connectivity index (χ2n) is 3.31. The first kappa shape index (κ1) is 13.1.